The van der Waals surface area contributed by atoms with Crippen molar-refractivity contribution in [2.75, 3.05) is 7.11 Å². The third-order valence-electron chi connectivity index (χ3n) is 2.65. The van der Waals surface area contributed by atoms with Crippen LogP contribution >= 0.6 is 11.6 Å². The summed E-state index contributed by atoms with van der Waals surface area (Å²) in [6.07, 6.45) is 0.551. The van der Waals surface area contributed by atoms with Gasteiger partial charge in [-0.15, -0.1) is 0 Å². The van der Waals surface area contributed by atoms with E-state index in [1.54, 1.807) is 6.07 Å². The first kappa shape index (κ1) is 14.2. The molecule has 0 spiro atoms. The molecule has 2 aromatic rings. The van der Waals surface area contributed by atoms with Crippen LogP contribution in [0.5, 0.6) is 0 Å². The molecule has 0 aliphatic rings. The molecule has 1 aromatic carbocycles. The Morgan fingerprint density at radius 2 is 2.20 bits per heavy atom. The van der Waals surface area contributed by atoms with Gasteiger partial charge in [-0.2, -0.15) is 5.10 Å². The molecule has 1 aromatic heterocycles. The van der Waals surface area contributed by atoms with Crippen LogP contribution in [-0.4, -0.2) is 28.1 Å². The Labute approximate surface area is 118 Å². The summed E-state index contributed by atoms with van der Waals surface area (Å²) in [7, 11) is 1.45. The van der Waals surface area contributed by atoms with Gasteiger partial charge in [-0.1, -0.05) is 23.7 Å². The summed E-state index contributed by atoms with van der Waals surface area (Å²) in [6, 6.07) is 6.00. The van der Waals surface area contributed by atoms with Gasteiger partial charge < -0.3 is 4.74 Å². The van der Waals surface area contributed by atoms with E-state index >= 15 is 0 Å². The molecule has 0 fully saturated rings. The molecule has 0 unspecified atom stereocenters. The molecule has 0 atom stereocenters. The molecule has 0 bridgehead atoms. The van der Waals surface area contributed by atoms with E-state index in [2.05, 4.69) is 5.10 Å². The van der Waals surface area contributed by atoms with E-state index in [9.17, 15) is 14.9 Å². The number of benzene rings is 1. The molecular weight excluding hydrogens is 286 g/mol. The number of rotatable bonds is 5. The lowest BCUT2D eigenvalue weighted by Crippen LogP contribution is -2.02. The van der Waals surface area contributed by atoms with E-state index in [-0.39, 0.29) is 28.7 Å². The van der Waals surface area contributed by atoms with Crippen molar-refractivity contribution in [3.8, 4) is 5.69 Å². The summed E-state index contributed by atoms with van der Waals surface area (Å²) in [5.74, 6) is 0. The topological polar surface area (TPSA) is 87.3 Å². The van der Waals surface area contributed by atoms with E-state index in [1.165, 1.54) is 25.3 Å². The van der Waals surface area contributed by atoms with Gasteiger partial charge in [0.05, 0.1) is 17.1 Å². The highest BCUT2D eigenvalue weighted by Gasteiger charge is 2.22. The lowest BCUT2D eigenvalue weighted by atomic mass is 10.2. The fourth-order valence-corrected chi connectivity index (χ4v) is 2.05. The molecule has 0 N–H and O–H groups in total. The second kappa shape index (κ2) is 5.81. The van der Waals surface area contributed by atoms with Gasteiger partial charge in [0.15, 0.2) is 6.29 Å². The van der Waals surface area contributed by atoms with Crippen molar-refractivity contribution in [2.45, 2.75) is 6.61 Å². The molecule has 8 heteroatoms. The molecule has 0 saturated heterocycles. The maximum atomic E-state index is 11.1. The number of nitrogens with zero attached hydrogens (tertiary/aromatic N) is 3. The van der Waals surface area contributed by atoms with E-state index in [0.717, 1.165) is 4.68 Å². The van der Waals surface area contributed by atoms with Crippen LogP contribution in [-0.2, 0) is 11.3 Å². The number of hydrogen-bond acceptors (Lipinski definition) is 5. The highest BCUT2D eigenvalue weighted by Crippen LogP contribution is 2.28. The van der Waals surface area contributed by atoms with Crippen molar-refractivity contribution >= 4 is 23.6 Å². The molecule has 0 aliphatic heterocycles. The van der Waals surface area contributed by atoms with Crippen LogP contribution in [0.1, 0.15) is 16.1 Å². The van der Waals surface area contributed by atoms with Crippen LogP contribution in [0.4, 0.5) is 5.69 Å². The SMILES string of the molecule is COCc1nn(-c2ccccc2[N+](=O)[O-])c(Cl)c1C=O. The number of para-hydroxylation sites is 2. The second-order valence-corrected chi connectivity index (χ2v) is 4.22. The summed E-state index contributed by atoms with van der Waals surface area (Å²) in [5, 5.41) is 15.1. The third kappa shape index (κ3) is 2.40. The number of carbonyl (C=O) groups is 1. The van der Waals surface area contributed by atoms with Gasteiger partial charge in [0.25, 0.3) is 5.69 Å². The van der Waals surface area contributed by atoms with E-state index in [0.29, 0.717) is 12.0 Å². The first-order chi connectivity index (χ1) is 9.60. The fourth-order valence-electron chi connectivity index (χ4n) is 1.77. The standard InChI is InChI=1S/C12H10ClN3O4/c1-20-7-9-8(6-17)12(13)15(14-9)10-4-2-3-5-11(10)16(18)19/h2-6H,7H2,1H3. The average molecular weight is 296 g/mol. The number of aromatic nitrogens is 2. The monoisotopic (exact) mass is 295 g/mol. The van der Waals surface area contributed by atoms with Crippen molar-refractivity contribution < 1.29 is 14.5 Å². The molecule has 0 radical (unpaired) electrons. The molecule has 20 heavy (non-hydrogen) atoms. The normalized spacial score (nSPS) is 10.5. The third-order valence-corrected chi connectivity index (χ3v) is 3.01. The summed E-state index contributed by atoms with van der Waals surface area (Å²) in [4.78, 5) is 21.5. The van der Waals surface area contributed by atoms with Crippen LogP contribution < -0.4 is 0 Å². The zero-order valence-electron chi connectivity index (χ0n) is 10.4. The van der Waals surface area contributed by atoms with Crippen LogP contribution in [0.2, 0.25) is 5.15 Å². The summed E-state index contributed by atoms with van der Waals surface area (Å²) in [5.41, 5.74) is 0.517. The minimum atomic E-state index is -0.538. The predicted octanol–water partition coefficient (Wildman–Crippen LogP) is 2.39. The number of hydrogen-bond donors (Lipinski definition) is 0. The van der Waals surface area contributed by atoms with Gasteiger partial charge in [0, 0.05) is 13.2 Å². The van der Waals surface area contributed by atoms with Crippen LogP contribution in [0.25, 0.3) is 5.69 Å². The largest absolute Gasteiger partial charge is 0.378 e. The quantitative estimate of drug-likeness (QED) is 0.480. The second-order valence-electron chi connectivity index (χ2n) is 3.86. The Morgan fingerprint density at radius 1 is 1.50 bits per heavy atom. The molecule has 104 valence electrons. The minimum absolute atomic E-state index is 0.0151. The smallest absolute Gasteiger partial charge is 0.294 e. The molecule has 1 heterocycles. The minimum Gasteiger partial charge on any atom is -0.378 e. The molecule has 0 amide bonds. The van der Waals surface area contributed by atoms with Crippen LogP contribution in [0.3, 0.4) is 0 Å². The first-order valence-corrected chi connectivity index (χ1v) is 5.93. The van der Waals surface area contributed by atoms with Gasteiger partial charge in [-0.3, -0.25) is 14.9 Å². The number of methoxy groups -OCH3 is 1. The van der Waals surface area contributed by atoms with Crippen molar-refractivity contribution in [1.29, 1.82) is 0 Å². The lowest BCUT2D eigenvalue weighted by molar-refractivity contribution is -0.384. The Hall–Kier alpha value is -2.25. The number of carbonyl (C=O) groups excluding carboxylic acids is 1. The van der Waals surface area contributed by atoms with Crippen LogP contribution in [0.15, 0.2) is 24.3 Å². The van der Waals surface area contributed by atoms with Gasteiger partial charge in [-0.05, 0) is 6.07 Å². The number of halogens is 1. The zero-order valence-corrected chi connectivity index (χ0v) is 11.2. The van der Waals surface area contributed by atoms with E-state index < -0.39 is 4.92 Å². The molecular formula is C12H10ClN3O4. The Bertz CT molecular complexity index is 669. The Balaban J connectivity index is 2.64. The summed E-state index contributed by atoms with van der Waals surface area (Å²) >= 11 is 6.07. The van der Waals surface area contributed by atoms with Crippen molar-refractivity contribution in [3.63, 3.8) is 0 Å². The van der Waals surface area contributed by atoms with Gasteiger partial charge in [0.1, 0.15) is 16.5 Å². The number of nitro groups is 1. The fraction of sp³-hybridized carbons (Fsp3) is 0.167. The lowest BCUT2D eigenvalue weighted by Gasteiger charge is -2.03. The maximum Gasteiger partial charge on any atom is 0.294 e. The zero-order chi connectivity index (χ0) is 14.7. The maximum absolute atomic E-state index is 11.1. The van der Waals surface area contributed by atoms with Crippen molar-refractivity contribution in [2.24, 2.45) is 0 Å². The predicted molar refractivity (Wildman–Crippen MR) is 71.3 cm³/mol. The van der Waals surface area contributed by atoms with Crippen LogP contribution in [0, 0.1) is 10.1 Å². The number of ether oxygens (including phenoxy) is 1. The highest BCUT2D eigenvalue weighted by molar-refractivity contribution is 6.32. The van der Waals surface area contributed by atoms with Gasteiger partial charge in [0.2, 0.25) is 0 Å². The average Bonchev–Trinajstić information content (AvgIpc) is 2.75. The van der Waals surface area contributed by atoms with E-state index in [1.807, 2.05) is 0 Å². The number of nitro benzene ring substituents is 1. The van der Waals surface area contributed by atoms with Crippen molar-refractivity contribution in [3.05, 3.63) is 50.8 Å². The van der Waals surface area contributed by atoms with Crippen molar-refractivity contribution in [1.82, 2.24) is 9.78 Å². The molecule has 0 aliphatic carbocycles. The Morgan fingerprint density at radius 3 is 2.80 bits per heavy atom. The summed E-state index contributed by atoms with van der Waals surface area (Å²) < 4.78 is 6.09. The summed E-state index contributed by atoms with van der Waals surface area (Å²) in [6.45, 7) is 0.0847. The number of aldehydes is 1. The Kier molecular flexibility index (Phi) is 4.11. The highest BCUT2D eigenvalue weighted by atomic mass is 35.5. The molecule has 2 rings (SSSR count). The molecule has 0 saturated carbocycles. The molecule has 7 nitrogen and oxygen atoms in total. The van der Waals surface area contributed by atoms with E-state index in [4.69, 9.17) is 16.3 Å². The first-order valence-electron chi connectivity index (χ1n) is 5.55. The van der Waals surface area contributed by atoms with Gasteiger partial charge >= 0.3 is 0 Å². The van der Waals surface area contributed by atoms with Gasteiger partial charge in [-0.25, -0.2) is 4.68 Å².